The molecule has 0 saturated heterocycles. The van der Waals surface area contributed by atoms with Gasteiger partial charge >= 0.3 is 0 Å². The Morgan fingerprint density at radius 2 is 1.82 bits per heavy atom. The molecule has 2 heterocycles. The van der Waals surface area contributed by atoms with Gasteiger partial charge in [0.15, 0.2) is 5.03 Å². The average Bonchev–Trinajstić information content (AvgIpc) is 3.35. The van der Waals surface area contributed by atoms with E-state index in [0.29, 0.717) is 25.2 Å². The number of nitrogens with zero attached hydrogens (tertiary/aromatic N) is 3. The molecule has 0 aliphatic carbocycles. The molecule has 0 radical (unpaired) electrons. The summed E-state index contributed by atoms with van der Waals surface area (Å²) in [5.74, 6) is -0.211. The summed E-state index contributed by atoms with van der Waals surface area (Å²) in [4.78, 5) is 16.2. The average molecular weight is 396 g/mol. The van der Waals surface area contributed by atoms with E-state index >= 15 is 0 Å². The molecule has 1 amide bonds. The molecule has 4 rings (SSSR count). The van der Waals surface area contributed by atoms with E-state index in [9.17, 15) is 13.2 Å². The van der Waals surface area contributed by atoms with Gasteiger partial charge < -0.3 is 9.88 Å². The van der Waals surface area contributed by atoms with Crippen LogP contribution in [-0.2, 0) is 34.3 Å². The minimum atomic E-state index is -3.75. The highest BCUT2D eigenvalue weighted by Crippen LogP contribution is 2.32. The van der Waals surface area contributed by atoms with Crippen LogP contribution in [0.4, 0.5) is 5.69 Å². The van der Waals surface area contributed by atoms with Crippen LogP contribution in [-0.4, -0.2) is 30.4 Å². The maximum atomic E-state index is 13.0. The number of carbonyl (C=O) groups excluding carboxylic acids is 1. The summed E-state index contributed by atoms with van der Waals surface area (Å²) >= 11 is 0. The smallest absolute Gasteiger partial charge is 0.283 e. The van der Waals surface area contributed by atoms with Gasteiger partial charge in [0, 0.05) is 19.3 Å². The van der Waals surface area contributed by atoms with Crippen LogP contribution >= 0.6 is 0 Å². The second-order valence-electron chi connectivity index (χ2n) is 6.60. The summed E-state index contributed by atoms with van der Waals surface area (Å²) in [7, 11) is -3.75. The van der Waals surface area contributed by atoms with Gasteiger partial charge in [-0.05, 0) is 23.6 Å². The second-order valence-corrected chi connectivity index (χ2v) is 8.41. The number of sulfonamides is 1. The molecule has 1 N–H and O–H groups in total. The highest BCUT2D eigenvalue weighted by Gasteiger charge is 2.32. The molecular weight excluding hydrogens is 376 g/mol. The Morgan fingerprint density at radius 1 is 1.07 bits per heavy atom. The Bertz CT molecular complexity index is 1090. The highest BCUT2D eigenvalue weighted by molar-refractivity contribution is 7.92. The summed E-state index contributed by atoms with van der Waals surface area (Å²) in [6.45, 7) is 0.822. The Balaban J connectivity index is 1.43. The van der Waals surface area contributed by atoms with Crippen LogP contribution in [0.1, 0.15) is 11.1 Å². The molecule has 0 fully saturated rings. The maximum Gasteiger partial charge on any atom is 0.283 e. The van der Waals surface area contributed by atoms with Crippen LogP contribution < -0.4 is 9.62 Å². The Hall–Kier alpha value is -3.13. The molecule has 144 valence electrons. The first kappa shape index (κ1) is 18.2. The number of aromatic nitrogens is 2. The molecule has 0 atom stereocenters. The van der Waals surface area contributed by atoms with Gasteiger partial charge in [0.2, 0.25) is 5.91 Å². The van der Waals surface area contributed by atoms with Gasteiger partial charge in [-0.2, -0.15) is 8.42 Å². The summed E-state index contributed by atoms with van der Waals surface area (Å²) in [5, 5.41) is 2.76. The number of nitrogens with one attached hydrogen (secondary N) is 1. The van der Waals surface area contributed by atoms with Gasteiger partial charge in [0.25, 0.3) is 10.0 Å². The first-order chi connectivity index (χ1) is 13.5. The molecule has 1 aliphatic rings. The molecular formula is C20H20N4O3S. The molecule has 1 aliphatic heterocycles. The molecule has 8 heteroatoms. The summed E-state index contributed by atoms with van der Waals surface area (Å²) in [6, 6.07) is 17.0. The van der Waals surface area contributed by atoms with Gasteiger partial charge in [-0.15, -0.1) is 0 Å². The predicted molar refractivity (Wildman–Crippen MR) is 105 cm³/mol. The van der Waals surface area contributed by atoms with Crippen LogP contribution in [0.3, 0.4) is 0 Å². The number of fused-ring (bicyclic) bond motifs is 1. The van der Waals surface area contributed by atoms with Crippen LogP contribution in [0.15, 0.2) is 72.1 Å². The highest BCUT2D eigenvalue weighted by atomic mass is 32.2. The number of imidazole rings is 1. The monoisotopic (exact) mass is 396 g/mol. The third-order valence-electron chi connectivity index (χ3n) is 4.67. The normalized spacial score (nSPS) is 13.4. The topological polar surface area (TPSA) is 84.3 Å². The predicted octanol–water partition coefficient (Wildman–Crippen LogP) is 1.95. The van der Waals surface area contributed by atoms with Crippen molar-refractivity contribution in [2.75, 3.05) is 10.8 Å². The van der Waals surface area contributed by atoms with E-state index in [1.54, 1.807) is 6.07 Å². The van der Waals surface area contributed by atoms with E-state index in [1.165, 1.54) is 21.4 Å². The summed E-state index contributed by atoms with van der Waals surface area (Å²) in [6.07, 6.45) is 3.45. The van der Waals surface area contributed by atoms with Crippen molar-refractivity contribution in [2.45, 2.75) is 24.5 Å². The number of hydrogen-bond donors (Lipinski definition) is 1. The lowest BCUT2D eigenvalue weighted by Crippen LogP contribution is -2.29. The zero-order valence-corrected chi connectivity index (χ0v) is 16.0. The quantitative estimate of drug-likeness (QED) is 0.690. The van der Waals surface area contributed by atoms with Gasteiger partial charge in [0.1, 0.15) is 6.54 Å². The zero-order chi connectivity index (χ0) is 19.6. The zero-order valence-electron chi connectivity index (χ0n) is 15.2. The fourth-order valence-electron chi connectivity index (χ4n) is 3.25. The molecule has 2 aromatic carbocycles. The molecule has 1 aromatic heterocycles. The third-order valence-corrected chi connectivity index (χ3v) is 6.37. The second kappa shape index (κ2) is 7.47. The number of para-hydroxylation sites is 1. The fraction of sp³-hybridized carbons (Fsp3) is 0.200. The lowest BCUT2D eigenvalue weighted by molar-refractivity contribution is -0.121. The van der Waals surface area contributed by atoms with Crippen molar-refractivity contribution >= 4 is 21.6 Å². The van der Waals surface area contributed by atoms with Crippen LogP contribution in [0.5, 0.6) is 0 Å². The van der Waals surface area contributed by atoms with E-state index < -0.39 is 10.0 Å². The van der Waals surface area contributed by atoms with Crippen molar-refractivity contribution in [3.8, 4) is 0 Å². The molecule has 0 unspecified atom stereocenters. The van der Waals surface area contributed by atoms with Crippen LogP contribution in [0.2, 0.25) is 0 Å². The Labute approximate surface area is 163 Å². The molecule has 7 nitrogen and oxygen atoms in total. The standard InChI is InChI=1S/C20H20N4O3S/c25-19(21-12-16-6-2-1-3-7-16)13-23-14-20(22-15-23)28(26,27)24-11-10-17-8-4-5-9-18(17)24/h1-9,14-15H,10-13H2,(H,21,25). The summed E-state index contributed by atoms with van der Waals surface area (Å²) < 4.78 is 28.8. The van der Waals surface area contributed by atoms with Crippen molar-refractivity contribution in [3.63, 3.8) is 0 Å². The minimum absolute atomic E-state index is 0.00589. The van der Waals surface area contributed by atoms with Gasteiger partial charge in [-0.1, -0.05) is 48.5 Å². The van der Waals surface area contributed by atoms with Gasteiger partial charge in [0.05, 0.1) is 12.0 Å². The van der Waals surface area contributed by atoms with Crippen molar-refractivity contribution in [1.82, 2.24) is 14.9 Å². The van der Waals surface area contributed by atoms with Crippen LogP contribution in [0, 0.1) is 0 Å². The largest absolute Gasteiger partial charge is 0.350 e. The van der Waals surface area contributed by atoms with Crippen molar-refractivity contribution < 1.29 is 13.2 Å². The maximum absolute atomic E-state index is 13.0. The van der Waals surface area contributed by atoms with E-state index in [4.69, 9.17) is 0 Å². The molecule has 3 aromatic rings. The fourth-order valence-corrected chi connectivity index (χ4v) is 4.69. The van der Waals surface area contributed by atoms with Crippen LogP contribution in [0.25, 0.3) is 0 Å². The van der Waals surface area contributed by atoms with E-state index in [1.807, 2.05) is 48.5 Å². The van der Waals surface area contributed by atoms with Crippen molar-refractivity contribution in [1.29, 1.82) is 0 Å². The number of carbonyl (C=O) groups is 1. The third kappa shape index (κ3) is 3.63. The lowest BCUT2D eigenvalue weighted by Gasteiger charge is -2.17. The Kier molecular flexibility index (Phi) is 4.87. The number of benzene rings is 2. The number of hydrogen-bond acceptors (Lipinski definition) is 4. The SMILES string of the molecule is O=C(Cn1cnc(S(=O)(=O)N2CCc3ccccc32)c1)NCc1ccccc1. The number of rotatable bonds is 6. The number of anilines is 1. The number of amides is 1. The van der Waals surface area contributed by atoms with Crippen molar-refractivity contribution in [2.24, 2.45) is 0 Å². The van der Waals surface area contributed by atoms with Gasteiger partial charge in [-0.3, -0.25) is 9.10 Å². The van der Waals surface area contributed by atoms with E-state index in [0.717, 1.165) is 11.1 Å². The molecule has 28 heavy (non-hydrogen) atoms. The molecule has 0 saturated carbocycles. The first-order valence-electron chi connectivity index (χ1n) is 8.97. The molecule has 0 bridgehead atoms. The van der Waals surface area contributed by atoms with E-state index in [2.05, 4.69) is 10.3 Å². The van der Waals surface area contributed by atoms with E-state index in [-0.39, 0.29) is 17.5 Å². The first-order valence-corrected chi connectivity index (χ1v) is 10.4. The minimum Gasteiger partial charge on any atom is -0.350 e. The van der Waals surface area contributed by atoms with Crippen molar-refractivity contribution in [3.05, 3.63) is 78.2 Å². The van der Waals surface area contributed by atoms with Gasteiger partial charge in [-0.25, -0.2) is 4.98 Å². The lowest BCUT2D eigenvalue weighted by atomic mass is 10.2. The summed E-state index contributed by atoms with van der Waals surface area (Å²) in [5.41, 5.74) is 2.70. The molecule has 0 spiro atoms. The Morgan fingerprint density at radius 3 is 2.64 bits per heavy atom.